The van der Waals surface area contributed by atoms with E-state index in [9.17, 15) is 18.0 Å². The van der Waals surface area contributed by atoms with E-state index in [-0.39, 0.29) is 17.1 Å². The van der Waals surface area contributed by atoms with E-state index < -0.39 is 17.6 Å². The standard InChI is InChI=1S/C24H21F3N6O2/c25-24(26,27)19-4-2-1-3-18(19)20-5-6-21-29-14-22(33(21)31-20)30-23(34)16-7-8-28-17(13-16)15-32-9-11-35-12-10-32/h1-8,13-14H,9-12,15H2,(H,30,34). The molecule has 4 aromatic rings. The average Bonchev–Trinajstić information content (AvgIpc) is 3.26. The number of imidazole rings is 1. The second-order valence-corrected chi connectivity index (χ2v) is 8.05. The number of benzene rings is 1. The molecule has 1 aliphatic heterocycles. The number of ether oxygens (including phenoxy) is 1. The quantitative estimate of drug-likeness (QED) is 0.465. The summed E-state index contributed by atoms with van der Waals surface area (Å²) in [5.41, 5.74) is 0.794. The summed E-state index contributed by atoms with van der Waals surface area (Å²) < 4.78 is 47.1. The Morgan fingerprint density at radius 3 is 2.66 bits per heavy atom. The van der Waals surface area contributed by atoms with Crippen LogP contribution in [0.5, 0.6) is 0 Å². The van der Waals surface area contributed by atoms with E-state index in [0.29, 0.717) is 31.0 Å². The summed E-state index contributed by atoms with van der Waals surface area (Å²) in [5.74, 6) is -0.164. The van der Waals surface area contributed by atoms with E-state index in [1.807, 2.05) is 0 Å². The number of nitrogens with zero attached hydrogens (tertiary/aromatic N) is 5. The van der Waals surface area contributed by atoms with Crippen molar-refractivity contribution in [3.05, 3.63) is 77.7 Å². The molecule has 0 radical (unpaired) electrons. The van der Waals surface area contributed by atoms with Gasteiger partial charge in [-0.15, -0.1) is 0 Å². The predicted molar refractivity (Wildman–Crippen MR) is 122 cm³/mol. The Balaban J connectivity index is 1.40. The Labute approximate surface area is 198 Å². The number of amides is 1. The van der Waals surface area contributed by atoms with E-state index in [2.05, 4.69) is 25.3 Å². The molecule has 0 aliphatic carbocycles. The van der Waals surface area contributed by atoms with Crippen molar-refractivity contribution in [2.75, 3.05) is 31.6 Å². The van der Waals surface area contributed by atoms with Crippen LogP contribution in [0.2, 0.25) is 0 Å². The van der Waals surface area contributed by atoms with Gasteiger partial charge in [-0.05, 0) is 30.3 Å². The van der Waals surface area contributed by atoms with Crippen LogP contribution >= 0.6 is 0 Å². The fraction of sp³-hybridized carbons (Fsp3) is 0.250. The lowest BCUT2D eigenvalue weighted by Crippen LogP contribution is -2.35. The number of aromatic nitrogens is 4. The molecule has 0 saturated carbocycles. The van der Waals surface area contributed by atoms with Crippen LogP contribution in [0, 0.1) is 0 Å². The summed E-state index contributed by atoms with van der Waals surface area (Å²) in [5, 5.41) is 7.08. The molecule has 8 nitrogen and oxygen atoms in total. The number of fused-ring (bicyclic) bond motifs is 1. The number of pyridine rings is 1. The first-order chi connectivity index (χ1) is 16.9. The molecule has 0 bridgehead atoms. The molecular formula is C24H21F3N6O2. The van der Waals surface area contributed by atoms with Gasteiger partial charge in [0.05, 0.1) is 36.4 Å². The molecule has 0 spiro atoms. The number of anilines is 1. The number of carbonyl (C=O) groups excluding carboxylic acids is 1. The molecule has 0 unspecified atom stereocenters. The summed E-state index contributed by atoms with van der Waals surface area (Å²) in [4.78, 5) is 23.7. The van der Waals surface area contributed by atoms with E-state index in [1.54, 1.807) is 24.4 Å². The first-order valence-corrected chi connectivity index (χ1v) is 11.0. The van der Waals surface area contributed by atoms with Crippen molar-refractivity contribution in [3.8, 4) is 11.3 Å². The molecule has 4 heterocycles. The van der Waals surface area contributed by atoms with Crippen LogP contribution in [-0.4, -0.2) is 56.7 Å². The smallest absolute Gasteiger partial charge is 0.379 e. The molecule has 3 aromatic heterocycles. The van der Waals surface area contributed by atoms with Gasteiger partial charge in [-0.2, -0.15) is 22.8 Å². The first-order valence-electron chi connectivity index (χ1n) is 11.0. The van der Waals surface area contributed by atoms with Crippen LogP contribution in [0.25, 0.3) is 16.9 Å². The van der Waals surface area contributed by atoms with Gasteiger partial charge in [0.1, 0.15) is 0 Å². The number of morpholine rings is 1. The largest absolute Gasteiger partial charge is 0.417 e. The van der Waals surface area contributed by atoms with Gasteiger partial charge < -0.3 is 10.1 Å². The monoisotopic (exact) mass is 482 g/mol. The summed E-state index contributed by atoms with van der Waals surface area (Å²) >= 11 is 0. The molecule has 0 atom stereocenters. The maximum atomic E-state index is 13.5. The van der Waals surface area contributed by atoms with Crippen LogP contribution in [0.4, 0.5) is 19.0 Å². The molecule has 1 fully saturated rings. The van der Waals surface area contributed by atoms with Crippen molar-refractivity contribution in [1.29, 1.82) is 0 Å². The normalized spacial score (nSPS) is 14.8. The Morgan fingerprint density at radius 1 is 1.06 bits per heavy atom. The predicted octanol–water partition coefficient (Wildman–Crippen LogP) is 3.89. The molecular weight excluding hydrogens is 461 g/mol. The second-order valence-electron chi connectivity index (χ2n) is 8.05. The van der Waals surface area contributed by atoms with Gasteiger partial charge in [-0.25, -0.2) is 4.98 Å². The highest BCUT2D eigenvalue weighted by molar-refractivity contribution is 6.03. The number of hydrogen-bond acceptors (Lipinski definition) is 6. The number of alkyl halides is 3. The molecule has 35 heavy (non-hydrogen) atoms. The molecule has 1 saturated heterocycles. The molecule has 5 rings (SSSR count). The fourth-order valence-electron chi connectivity index (χ4n) is 3.94. The Kier molecular flexibility index (Phi) is 6.18. The van der Waals surface area contributed by atoms with Crippen LogP contribution in [0.3, 0.4) is 0 Å². The molecule has 1 aromatic carbocycles. The molecule has 1 N–H and O–H groups in total. The minimum atomic E-state index is -4.53. The van der Waals surface area contributed by atoms with Crippen LogP contribution in [0.1, 0.15) is 21.6 Å². The van der Waals surface area contributed by atoms with E-state index in [0.717, 1.165) is 24.8 Å². The minimum absolute atomic E-state index is 0.0604. The summed E-state index contributed by atoms with van der Waals surface area (Å²) in [6.07, 6.45) is -1.54. The zero-order valence-electron chi connectivity index (χ0n) is 18.5. The van der Waals surface area contributed by atoms with Crippen molar-refractivity contribution in [2.45, 2.75) is 12.7 Å². The van der Waals surface area contributed by atoms with Gasteiger partial charge >= 0.3 is 6.18 Å². The minimum Gasteiger partial charge on any atom is -0.379 e. The van der Waals surface area contributed by atoms with Crippen molar-refractivity contribution in [2.24, 2.45) is 0 Å². The number of carbonyl (C=O) groups is 1. The zero-order valence-corrected chi connectivity index (χ0v) is 18.5. The van der Waals surface area contributed by atoms with Crippen molar-refractivity contribution in [3.63, 3.8) is 0 Å². The summed E-state index contributed by atoms with van der Waals surface area (Å²) in [6, 6.07) is 11.6. The fourth-order valence-corrected chi connectivity index (χ4v) is 3.94. The van der Waals surface area contributed by atoms with Crippen molar-refractivity contribution >= 4 is 17.4 Å². The first kappa shape index (κ1) is 22.9. The topological polar surface area (TPSA) is 84.7 Å². The van der Waals surface area contributed by atoms with Gasteiger partial charge in [-0.3, -0.25) is 14.7 Å². The van der Waals surface area contributed by atoms with Gasteiger partial charge in [-0.1, -0.05) is 18.2 Å². The number of halogens is 3. The third-order valence-corrected chi connectivity index (χ3v) is 5.68. The molecule has 11 heteroatoms. The van der Waals surface area contributed by atoms with E-state index in [4.69, 9.17) is 4.74 Å². The van der Waals surface area contributed by atoms with Gasteiger partial charge in [0, 0.05) is 37.0 Å². The number of hydrogen-bond donors (Lipinski definition) is 1. The Bertz CT molecular complexity index is 1360. The van der Waals surface area contributed by atoms with Gasteiger partial charge in [0.2, 0.25) is 0 Å². The zero-order chi connectivity index (χ0) is 24.4. The Hall–Kier alpha value is -3.83. The highest BCUT2D eigenvalue weighted by Crippen LogP contribution is 2.36. The van der Waals surface area contributed by atoms with Gasteiger partial charge in [0.15, 0.2) is 11.5 Å². The van der Waals surface area contributed by atoms with Crippen molar-refractivity contribution < 1.29 is 22.7 Å². The molecule has 1 amide bonds. The van der Waals surface area contributed by atoms with Crippen molar-refractivity contribution in [1.82, 2.24) is 24.5 Å². The average molecular weight is 482 g/mol. The third kappa shape index (κ3) is 5.00. The van der Waals surface area contributed by atoms with E-state index >= 15 is 0 Å². The van der Waals surface area contributed by atoms with Crippen LogP contribution < -0.4 is 5.32 Å². The lowest BCUT2D eigenvalue weighted by atomic mass is 10.0. The summed E-state index contributed by atoms with van der Waals surface area (Å²) in [7, 11) is 0. The van der Waals surface area contributed by atoms with Crippen LogP contribution in [0.15, 0.2) is 60.9 Å². The number of nitrogens with one attached hydrogen (secondary N) is 1. The molecule has 1 aliphatic rings. The highest BCUT2D eigenvalue weighted by Gasteiger charge is 2.33. The maximum absolute atomic E-state index is 13.5. The third-order valence-electron chi connectivity index (χ3n) is 5.68. The van der Waals surface area contributed by atoms with Gasteiger partial charge in [0.25, 0.3) is 5.91 Å². The SMILES string of the molecule is O=C(Nc1cnc2ccc(-c3ccccc3C(F)(F)F)nn12)c1ccnc(CN2CCOCC2)c1. The maximum Gasteiger partial charge on any atom is 0.417 e. The van der Waals surface area contributed by atoms with E-state index in [1.165, 1.54) is 35.0 Å². The lowest BCUT2D eigenvalue weighted by molar-refractivity contribution is -0.137. The highest BCUT2D eigenvalue weighted by atomic mass is 19.4. The molecule has 180 valence electrons. The Morgan fingerprint density at radius 2 is 1.86 bits per heavy atom. The lowest BCUT2D eigenvalue weighted by Gasteiger charge is -2.26. The van der Waals surface area contributed by atoms with Crippen LogP contribution in [-0.2, 0) is 17.5 Å². The second kappa shape index (κ2) is 9.43. The number of rotatable bonds is 5. The summed E-state index contributed by atoms with van der Waals surface area (Å²) in [6.45, 7) is 3.52.